The number of carbonyl (C=O) groups excluding carboxylic acids is 1. The van der Waals surface area contributed by atoms with Crippen LogP contribution in [0.1, 0.15) is 21.7 Å². The number of anilines is 1. The highest BCUT2D eigenvalue weighted by molar-refractivity contribution is 7.93. The van der Waals surface area contributed by atoms with E-state index in [0.717, 1.165) is 4.88 Å². The summed E-state index contributed by atoms with van der Waals surface area (Å²) >= 11 is 1.61. The summed E-state index contributed by atoms with van der Waals surface area (Å²) in [5.74, 6) is 0.0884. The van der Waals surface area contributed by atoms with Gasteiger partial charge >= 0.3 is 0 Å². The number of hydrogen-bond acceptors (Lipinski definition) is 5. The average molecular weight is 395 g/mol. The third-order valence-electron chi connectivity index (χ3n) is 4.28. The Hall–Kier alpha value is -1.90. The zero-order valence-corrected chi connectivity index (χ0v) is 16.3. The highest BCUT2D eigenvalue weighted by atomic mass is 32.2. The van der Waals surface area contributed by atoms with E-state index in [-0.39, 0.29) is 11.7 Å². The van der Waals surface area contributed by atoms with Gasteiger partial charge in [-0.2, -0.15) is 0 Å². The summed E-state index contributed by atoms with van der Waals surface area (Å²) in [6.45, 7) is 1.98. The van der Waals surface area contributed by atoms with Crippen LogP contribution in [0.25, 0.3) is 0 Å². The molecule has 1 saturated heterocycles. The lowest BCUT2D eigenvalue weighted by Crippen LogP contribution is -2.33. The summed E-state index contributed by atoms with van der Waals surface area (Å²) in [5, 5.41) is 1.99. The molecule has 0 aliphatic carbocycles. The molecule has 2 aromatic rings. The second-order valence-corrected chi connectivity index (χ2v) is 9.13. The Balaban J connectivity index is 1.76. The summed E-state index contributed by atoms with van der Waals surface area (Å²) in [6.07, 6.45) is 0.634. The van der Waals surface area contributed by atoms with E-state index in [2.05, 4.69) is 0 Å². The number of benzene rings is 1. The molecule has 0 N–H and O–H groups in total. The SMILES string of the molecule is COCCN(Cc1cccs1)C(=O)c1ccc(N2CCCS2(=O)=O)cc1. The molecule has 0 unspecified atom stereocenters. The second kappa shape index (κ2) is 8.20. The van der Waals surface area contributed by atoms with Gasteiger partial charge in [0, 0.05) is 30.6 Å². The maximum Gasteiger partial charge on any atom is 0.254 e. The quantitative estimate of drug-likeness (QED) is 0.724. The normalized spacial score (nSPS) is 16.0. The monoisotopic (exact) mass is 394 g/mol. The first-order valence-corrected chi connectivity index (χ1v) is 10.9. The molecule has 6 nitrogen and oxygen atoms in total. The minimum Gasteiger partial charge on any atom is -0.383 e. The first-order valence-electron chi connectivity index (χ1n) is 8.42. The number of amides is 1. The molecule has 1 aromatic carbocycles. The van der Waals surface area contributed by atoms with Crippen LogP contribution in [-0.4, -0.2) is 51.8 Å². The molecule has 0 bridgehead atoms. The van der Waals surface area contributed by atoms with Crippen molar-refractivity contribution in [3.63, 3.8) is 0 Å². The van der Waals surface area contributed by atoms with Crippen molar-refractivity contribution in [3.05, 3.63) is 52.2 Å². The molecule has 2 heterocycles. The van der Waals surface area contributed by atoms with E-state index in [1.807, 2.05) is 17.5 Å². The molecule has 1 aliphatic heterocycles. The first kappa shape index (κ1) is 18.9. The van der Waals surface area contributed by atoms with Gasteiger partial charge in [-0.05, 0) is 42.1 Å². The highest BCUT2D eigenvalue weighted by Gasteiger charge is 2.28. The number of sulfonamides is 1. The van der Waals surface area contributed by atoms with Crippen molar-refractivity contribution in [2.24, 2.45) is 0 Å². The van der Waals surface area contributed by atoms with Crippen molar-refractivity contribution < 1.29 is 17.9 Å². The molecule has 0 saturated carbocycles. The van der Waals surface area contributed by atoms with Crippen LogP contribution in [0.2, 0.25) is 0 Å². The van der Waals surface area contributed by atoms with Gasteiger partial charge in [0.05, 0.1) is 24.6 Å². The smallest absolute Gasteiger partial charge is 0.254 e. The number of nitrogens with zero attached hydrogens (tertiary/aromatic N) is 2. The maximum atomic E-state index is 12.9. The van der Waals surface area contributed by atoms with Gasteiger partial charge in [-0.1, -0.05) is 6.07 Å². The fourth-order valence-electron chi connectivity index (χ4n) is 2.93. The third kappa shape index (κ3) is 4.25. The Morgan fingerprint density at radius 3 is 2.62 bits per heavy atom. The van der Waals surface area contributed by atoms with E-state index >= 15 is 0 Å². The number of methoxy groups -OCH3 is 1. The molecular weight excluding hydrogens is 372 g/mol. The van der Waals surface area contributed by atoms with E-state index in [1.54, 1.807) is 47.6 Å². The lowest BCUT2D eigenvalue weighted by molar-refractivity contribution is 0.0682. The van der Waals surface area contributed by atoms with Crippen molar-refractivity contribution in [3.8, 4) is 0 Å². The number of carbonyl (C=O) groups is 1. The molecule has 0 spiro atoms. The lowest BCUT2D eigenvalue weighted by atomic mass is 10.1. The van der Waals surface area contributed by atoms with Crippen LogP contribution in [-0.2, 0) is 21.3 Å². The summed E-state index contributed by atoms with van der Waals surface area (Å²) < 4.78 is 30.6. The van der Waals surface area contributed by atoms with Crippen LogP contribution in [0.5, 0.6) is 0 Å². The summed E-state index contributed by atoms with van der Waals surface area (Å²) in [7, 11) is -1.60. The molecule has 3 rings (SSSR count). The number of rotatable bonds is 7. The molecule has 26 heavy (non-hydrogen) atoms. The van der Waals surface area contributed by atoms with Crippen molar-refractivity contribution in [1.82, 2.24) is 4.90 Å². The Bertz CT molecular complexity index is 833. The van der Waals surface area contributed by atoms with E-state index in [0.29, 0.717) is 43.9 Å². The van der Waals surface area contributed by atoms with Gasteiger partial charge in [0.15, 0.2) is 0 Å². The number of hydrogen-bond donors (Lipinski definition) is 0. The standard InChI is InChI=1S/C18H22N2O4S2/c1-24-11-10-19(14-17-4-2-12-25-17)18(21)15-5-7-16(8-6-15)20-9-3-13-26(20,22)23/h2,4-8,12H,3,9-11,13-14H2,1H3. The average Bonchev–Trinajstić information content (AvgIpc) is 3.27. The number of thiophene rings is 1. The molecule has 0 atom stereocenters. The molecule has 1 amide bonds. The summed E-state index contributed by atoms with van der Waals surface area (Å²) in [4.78, 5) is 15.7. The van der Waals surface area contributed by atoms with Gasteiger partial charge in [-0.25, -0.2) is 8.42 Å². The van der Waals surface area contributed by atoms with Crippen LogP contribution < -0.4 is 4.31 Å². The van der Waals surface area contributed by atoms with Gasteiger partial charge in [0.25, 0.3) is 5.91 Å². The van der Waals surface area contributed by atoms with Gasteiger partial charge < -0.3 is 9.64 Å². The van der Waals surface area contributed by atoms with Crippen molar-refractivity contribution in [2.75, 3.05) is 36.9 Å². The van der Waals surface area contributed by atoms with Crippen LogP contribution in [0.3, 0.4) is 0 Å². The predicted octanol–water partition coefficient (Wildman–Crippen LogP) is 2.58. The molecule has 1 aliphatic rings. The van der Waals surface area contributed by atoms with Gasteiger partial charge in [-0.15, -0.1) is 11.3 Å². The molecule has 1 aromatic heterocycles. The molecule has 8 heteroatoms. The fourth-order valence-corrected chi connectivity index (χ4v) is 5.21. The third-order valence-corrected chi connectivity index (χ3v) is 7.01. The van der Waals surface area contributed by atoms with Crippen molar-refractivity contribution in [2.45, 2.75) is 13.0 Å². The summed E-state index contributed by atoms with van der Waals surface area (Å²) in [5.41, 5.74) is 1.15. The summed E-state index contributed by atoms with van der Waals surface area (Å²) in [6, 6.07) is 10.8. The Labute approximate surface area is 158 Å². The van der Waals surface area contributed by atoms with Gasteiger partial charge in [0.1, 0.15) is 0 Å². The van der Waals surface area contributed by atoms with Crippen LogP contribution >= 0.6 is 11.3 Å². The minimum absolute atomic E-state index is 0.0914. The van der Waals surface area contributed by atoms with Crippen LogP contribution in [0.4, 0.5) is 5.69 Å². The Kier molecular flexibility index (Phi) is 5.95. The van der Waals surface area contributed by atoms with Gasteiger partial charge in [-0.3, -0.25) is 9.10 Å². The molecule has 0 radical (unpaired) electrons. The van der Waals surface area contributed by atoms with Crippen LogP contribution in [0, 0.1) is 0 Å². The molecule has 140 valence electrons. The highest BCUT2D eigenvalue weighted by Crippen LogP contribution is 2.24. The predicted molar refractivity (Wildman–Crippen MR) is 103 cm³/mol. The van der Waals surface area contributed by atoms with Crippen molar-refractivity contribution in [1.29, 1.82) is 0 Å². The van der Waals surface area contributed by atoms with E-state index < -0.39 is 10.0 Å². The second-order valence-electron chi connectivity index (χ2n) is 6.09. The topological polar surface area (TPSA) is 66.9 Å². The maximum absolute atomic E-state index is 12.9. The Morgan fingerprint density at radius 1 is 1.27 bits per heavy atom. The minimum atomic E-state index is -3.21. The van der Waals surface area contributed by atoms with Crippen LogP contribution in [0.15, 0.2) is 41.8 Å². The van der Waals surface area contributed by atoms with Crippen molar-refractivity contribution >= 4 is 33.0 Å². The van der Waals surface area contributed by atoms with E-state index in [4.69, 9.17) is 4.74 Å². The zero-order chi connectivity index (χ0) is 18.6. The zero-order valence-electron chi connectivity index (χ0n) is 14.6. The largest absolute Gasteiger partial charge is 0.383 e. The number of ether oxygens (including phenoxy) is 1. The van der Waals surface area contributed by atoms with E-state index in [9.17, 15) is 13.2 Å². The first-order chi connectivity index (χ1) is 12.5. The fraction of sp³-hybridized carbons (Fsp3) is 0.389. The van der Waals surface area contributed by atoms with E-state index in [1.165, 1.54) is 4.31 Å². The van der Waals surface area contributed by atoms with Gasteiger partial charge in [0.2, 0.25) is 10.0 Å². The molecule has 1 fully saturated rings. The lowest BCUT2D eigenvalue weighted by Gasteiger charge is -2.22. The Morgan fingerprint density at radius 2 is 2.04 bits per heavy atom. The molecular formula is C18H22N2O4S2.